The molecule has 1 aliphatic rings. The zero-order valence-electron chi connectivity index (χ0n) is 12.7. The quantitative estimate of drug-likeness (QED) is 0.722. The Morgan fingerprint density at radius 2 is 2.00 bits per heavy atom. The van der Waals surface area contributed by atoms with Crippen molar-refractivity contribution in [2.45, 2.75) is 38.8 Å². The average molecular weight is 271 g/mol. The second-order valence-corrected chi connectivity index (χ2v) is 6.02. The molecule has 1 rings (SSSR count). The summed E-state index contributed by atoms with van der Waals surface area (Å²) in [6.07, 6.45) is 1.93. The van der Waals surface area contributed by atoms with Gasteiger partial charge in [-0.3, -0.25) is 9.69 Å². The summed E-state index contributed by atoms with van der Waals surface area (Å²) >= 11 is 0. The molecule has 1 fully saturated rings. The zero-order chi connectivity index (χ0) is 14.4. The van der Waals surface area contributed by atoms with E-state index in [1.807, 2.05) is 25.9 Å². The van der Waals surface area contributed by atoms with Crippen LogP contribution in [0, 0.1) is 5.92 Å². The lowest BCUT2D eigenvalue weighted by Crippen LogP contribution is -2.47. The first-order valence-electron chi connectivity index (χ1n) is 7.24. The van der Waals surface area contributed by atoms with E-state index >= 15 is 0 Å². The zero-order valence-corrected chi connectivity index (χ0v) is 12.7. The third-order valence-corrected chi connectivity index (χ3v) is 4.01. The summed E-state index contributed by atoms with van der Waals surface area (Å²) in [6, 6.07) is -0.164. The first-order chi connectivity index (χ1) is 8.90. The van der Waals surface area contributed by atoms with Crippen LogP contribution in [0.1, 0.15) is 26.7 Å². The van der Waals surface area contributed by atoms with Gasteiger partial charge < -0.3 is 15.3 Å². The lowest BCUT2D eigenvalue weighted by atomic mass is 9.99. The summed E-state index contributed by atoms with van der Waals surface area (Å²) in [5.41, 5.74) is 0. The summed E-state index contributed by atoms with van der Waals surface area (Å²) in [7, 11) is 3.74. The highest BCUT2D eigenvalue weighted by atomic mass is 16.3. The number of likely N-dealkylation sites (N-methyl/N-ethyl adjacent to an activating group) is 1. The molecular formula is C14H29N3O2. The Bertz CT molecular complexity index is 276. The number of hydrogen-bond donors (Lipinski definition) is 2. The third-order valence-electron chi connectivity index (χ3n) is 4.01. The van der Waals surface area contributed by atoms with E-state index in [2.05, 4.69) is 17.1 Å². The van der Waals surface area contributed by atoms with Gasteiger partial charge in [-0.2, -0.15) is 0 Å². The highest BCUT2D eigenvalue weighted by Crippen LogP contribution is 2.15. The molecule has 0 aromatic carbocycles. The molecule has 0 bridgehead atoms. The number of carbonyl (C=O) groups is 1. The maximum Gasteiger partial charge on any atom is 0.237 e. The molecule has 1 amide bonds. The van der Waals surface area contributed by atoms with Crippen LogP contribution in [0.2, 0.25) is 0 Å². The lowest BCUT2D eigenvalue weighted by molar-refractivity contribution is -0.125. The van der Waals surface area contributed by atoms with Gasteiger partial charge in [0, 0.05) is 13.1 Å². The number of rotatable bonds is 6. The molecule has 1 saturated heterocycles. The highest BCUT2D eigenvalue weighted by Gasteiger charge is 2.20. The van der Waals surface area contributed by atoms with Gasteiger partial charge in [0.2, 0.25) is 5.91 Å². The first-order valence-corrected chi connectivity index (χ1v) is 7.24. The third kappa shape index (κ3) is 5.89. The monoisotopic (exact) mass is 271 g/mol. The Morgan fingerprint density at radius 1 is 1.42 bits per heavy atom. The number of hydrogen-bond acceptors (Lipinski definition) is 4. The van der Waals surface area contributed by atoms with Crippen molar-refractivity contribution in [3.8, 4) is 0 Å². The van der Waals surface area contributed by atoms with Gasteiger partial charge in [-0.1, -0.05) is 6.92 Å². The Kier molecular flexibility index (Phi) is 6.75. The van der Waals surface area contributed by atoms with E-state index in [9.17, 15) is 9.90 Å². The number of nitrogens with one attached hydrogen (secondary N) is 1. The van der Waals surface area contributed by atoms with Gasteiger partial charge in [0.15, 0.2) is 0 Å². The SMILES string of the molecule is CC1CCN(CC(O)CNC(=O)[C@H](C)N(C)C)CC1. The molecule has 2 N–H and O–H groups in total. The average Bonchev–Trinajstić information content (AvgIpc) is 2.37. The summed E-state index contributed by atoms with van der Waals surface area (Å²) in [5, 5.41) is 12.8. The van der Waals surface area contributed by atoms with E-state index in [4.69, 9.17) is 0 Å². The number of nitrogens with zero attached hydrogens (tertiary/aromatic N) is 2. The predicted molar refractivity (Wildman–Crippen MR) is 77.0 cm³/mol. The van der Waals surface area contributed by atoms with Crippen LogP contribution in [-0.4, -0.2) is 73.2 Å². The van der Waals surface area contributed by atoms with Gasteiger partial charge in [0.25, 0.3) is 0 Å². The summed E-state index contributed by atoms with van der Waals surface area (Å²) in [6.45, 7) is 7.23. The standard InChI is InChI=1S/C14H29N3O2/c1-11-5-7-17(8-6-11)10-13(18)9-15-14(19)12(2)16(3)4/h11-13,18H,5-10H2,1-4H3,(H,15,19)/t12-,13?/m0/s1. The second kappa shape index (κ2) is 7.82. The summed E-state index contributed by atoms with van der Waals surface area (Å²) < 4.78 is 0. The number of carbonyl (C=O) groups excluding carboxylic acids is 1. The molecule has 0 aliphatic carbocycles. The van der Waals surface area contributed by atoms with Crippen molar-refractivity contribution < 1.29 is 9.90 Å². The van der Waals surface area contributed by atoms with Gasteiger partial charge in [0.05, 0.1) is 12.1 Å². The van der Waals surface area contributed by atoms with Crippen LogP contribution in [0.5, 0.6) is 0 Å². The van der Waals surface area contributed by atoms with Crippen LogP contribution < -0.4 is 5.32 Å². The minimum absolute atomic E-state index is 0.0312. The van der Waals surface area contributed by atoms with Gasteiger partial charge in [-0.15, -0.1) is 0 Å². The molecule has 1 heterocycles. The lowest BCUT2D eigenvalue weighted by Gasteiger charge is -2.31. The van der Waals surface area contributed by atoms with Crippen molar-refractivity contribution in [2.75, 3.05) is 40.3 Å². The van der Waals surface area contributed by atoms with Crippen LogP contribution in [0.3, 0.4) is 0 Å². The van der Waals surface area contributed by atoms with E-state index in [1.54, 1.807) is 0 Å². The Balaban J connectivity index is 2.20. The molecule has 0 spiro atoms. The van der Waals surface area contributed by atoms with Crippen molar-refractivity contribution >= 4 is 5.91 Å². The fraction of sp³-hybridized carbons (Fsp3) is 0.929. The van der Waals surface area contributed by atoms with Crippen LogP contribution in [-0.2, 0) is 4.79 Å². The molecule has 5 nitrogen and oxygen atoms in total. The molecule has 0 aromatic heterocycles. The van der Waals surface area contributed by atoms with Crippen LogP contribution >= 0.6 is 0 Å². The Morgan fingerprint density at radius 3 is 2.53 bits per heavy atom. The Hall–Kier alpha value is -0.650. The topological polar surface area (TPSA) is 55.8 Å². The molecule has 0 aromatic rings. The number of aliphatic hydroxyl groups is 1. The maximum absolute atomic E-state index is 11.7. The van der Waals surface area contributed by atoms with Crippen LogP contribution in [0.15, 0.2) is 0 Å². The fourth-order valence-corrected chi connectivity index (χ4v) is 2.21. The van der Waals surface area contributed by atoms with Crippen LogP contribution in [0.4, 0.5) is 0 Å². The minimum Gasteiger partial charge on any atom is -0.390 e. The van der Waals surface area contributed by atoms with E-state index < -0.39 is 6.10 Å². The molecule has 112 valence electrons. The van der Waals surface area contributed by atoms with Crippen molar-refractivity contribution in [1.82, 2.24) is 15.1 Å². The number of piperidine rings is 1. The molecule has 19 heavy (non-hydrogen) atoms. The fourth-order valence-electron chi connectivity index (χ4n) is 2.21. The van der Waals surface area contributed by atoms with E-state index in [0.29, 0.717) is 13.1 Å². The summed E-state index contributed by atoms with van der Waals surface area (Å²) in [5.74, 6) is 0.769. The van der Waals surface area contributed by atoms with Crippen molar-refractivity contribution in [2.24, 2.45) is 5.92 Å². The first kappa shape index (κ1) is 16.4. The van der Waals surface area contributed by atoms with E-state index in [0.717, 1.165) is 19.0 Å². The number of aliphatic hydroxyl groups excluding tert-OH is 1. The van der Waals surface area contributed by atoms with Crippen molar-refractivity contribution in [3.63, 3.8) is 0 Å². The van der Waals surface area contributed by atoms with Crippen molar-refractivity contribution in [1.29, 1.82) is 0 Å². The molecule has 0 saturated carbocycles. The van der Waals surface area contributed by atoms with Crippen LogP contribution in [0.25, 0.3) is 0 Å². The largest absolute Gasteiger partial charge is 0.390 e. The van der Waals surface area contributed by atoms with Gasteiger partial charge in [-0.25, -0.2) is 0 Å². The van der Waals surface area contributed by atoms with Gasteiger partial charge >= 0.3 is 0 Å². The van der Waals surface area contributed by atoms with Gasteiger partial charge in [-0.05, 0) is 52.9 Å². The normalized spacial score (nSPS) is 21.4. The summed E-state index contributed by atoms with van der Waals surface area (Å²) in [4.78, 5) is 15.9. The molecular weight excluding hydrogens is 242 g/mol. The second-order valence-electron chi connectivity index (χ2n) is 6.02. The number of likely N-dealkylation sites (tertiary alicyclic amines) is 1. The predicted octanol–water partition coefficient (Wildman–Crippen LogP) is 0.146. The Labute approximate surface area is 117 Å². The van der Waals surface area contributed by atoms with Gasteiger partial charge in [0.1, 0.15) is 0 Å². The highest BCUT2D eigenvalue weighted by molar-refractivity contribution is 5.81. The number of β-amino-alcohol motifs (C(OH)–C–C–N with tert-alkyl or cyclic N) is 1. The smallest absolute Gasteiger partial charge is 0.237 e. The van der Waals surface area contributed by atoms with E-state index in [-0.39, 0.29) is 11.9 Å². The molecule has 2 atom stereocenters. The van der Waals surface area contributed by atoms with E-state index in [1.165, 1.54) is 12.8 Å². The molecule has 1 unspecified atom stereocenters. The minimum atomic E-state index is -0.480. The molecule has 5 heteroatoms. The van der Waals surface area contributed by atoms with Crippen molar-refractivity contribution in [3.05, 3.63) is 0 Å². The molecule has 0 radical (unpaired) electrons. The maximum atomic E-state index is 11.7. The number of amides is 1. The molecule has 1 aliphatic heterocycles.